The SMILES string of the molecule is CC(C)Cc1nc(CN(C)Cc2ncc[nH]2)no1. The second kappa shape index (κ2) is 5.77. The van der Waals surface area contributed by atoms with E-state index < -0.39 is 0 Å². The maximum absolute atomic E-state index is 5.20. The Labute approximate surface area is 106 Å². The van der Waals surface area contributed by atoms with Crippen molar-refractivity contribution in [2.24, 2.45) is 5.92 Å². The Balaban J connectivity index is 1.87. The second-order valence-electron chi connectivity index (χ2n) is 4.91. The van der Waals surface area contributed by atoms with Gasteiger partial charge in [0.25, 0.3) is 0 Å². The molecule has 0 spiro atoms. The minimum atomic E-state index is 0.527. The number of H-pyrrole nitrogens is 1. The van der Waals surface area contributed by atoms with Gasteiger partial charge in [0.05, 0.1) is 13.1 Å². The van der Waals surface area contributed by atoms with Gasteiger partial charge in [-0.15, -0.1) is 0 Å². The predicted molar refractivity (Wildman–Crippen MR) is 66.6 cm³/mol. The molecule has 0 aliphatic rings. The van der Waals surface area contributed by atoms with Crippen LogP contribution in [-0.4, -0.2) is 32.1 Å². The van der Waals surface area contributed by atoms with Crippen LogP contribution >= 0.6 is 0 Å². The largest absolute Gasteiger partial charge is 0.348 e. The number of imidazole rings is 1. The lowest BCUT2D eigenvalue weighted by Gasteiger charge is -2.11. The molecule has 0 bridgehead atoms. The molecule has 6 nitrogen and oxygen atoms in total. The van der Waals surface area contributed by atoms with Gasteiger partial charge in [0.15, 0.2) is 5.82 Å². The molecular formula is C12H19N5O. The number of hydrogen-bond donors (Lipinski definition) is 1. The molecule has 0 saturated heterocycles. The van der Waals surface area contributed by atoms with Gasteiger partial charge in [0, 0.05) is 18.8 Å². The van der Waals surface area contributed by atoms with Gasteiger partial charge in [0.1, 0.15) is 5.82 Å². The molecule has 2 heterocycles. The standard InChI is InChI=1S/C12H19N5O/c1-9(2)6-12-15-11(16-18-12)8-17(3)7-10-13-4-5-14-10/h4-5,9H,6-8H2,1-3H3,(H,13,14). The first-order chi connectivity index (χ1) is 8.63. The molecule has 0 aliphatic heterocycles. The van der Waals surface area contributed by atoms with Crippen LogP contribution < -0.4 is 0 Å². The first-order valence-electron chi connectivity index (χ1n) is 6.11. The third kappa shape index (κ3) is 3.66. The van der Waals surface area contributed by atoms with E-state index in [1.807, 2.05) is 13.2 Å². The van der Waals surface area contributed by atoms with Gasteiger partial charge in [-0.05, 0) is 13.0 Å². The van der Waals surface area contributed by atoms with Crippen LogP contribution in [0.4, 0.5) is 0 Å². The average molecular weight is 249 g/mol. The summed E-state index contributed by atoms with van der Waals surface area (Å²) in [5.74, 6) is 2.90. The van der Waals surface area contributed by atoms with Crippen molar-refractivity contribution < 1.29 is 4.52 Å². The molecule has 0 atom stereocenters. The number of hydrogen-bond acceptors (Lipinski definition) is 5. The Morgan fingerprint density at radius 2 is 2.22 bits per heavy atom. The summed E-state index contributed by atoms with van der Waals surface area (Å²) in [5, 5.41) is 3.98. The molecule has 0 saturated carbocycles. The highest BCUT2D eigenvalue weighted by Gasteiger charge is 2.10. The molecule has 0 fully saturated rings. The number of aromatic nitrogens is 4. The van der Waals surface area contributed by atoms with Crippen molar-refractivity contribution in [2.75, 3.05) is 7.05 Å². The molecule has 18 heavy (non-hydrogen) atoms. The summed E-state index contributed by atoms with van der Waals surface area (Å²) < 4.78 is 5.20. The maximum Gasteiger partial charge on any atom is 0.226 e. The Kier molecular flexibility index (Phi) is 4.09. The van der Waals surface area contributed by atoms with Crippen LogP contribution in [0.1, 0.15) is 31.4 Å². The highest BCUT2D eigenvalue weighted by atomic mass is 16.5. The highest BCUT2D eigenvalue weighted by molar-refractivity contribution is 4.90. The van der Waals surface area contributed by atoms with Gasteiger partial charge in [-0.1, -0.05) is 19.0 Å². The maximum atomic E-state index is 5.20. The molecule has 0 aromatic carbocycles. The van der Waals surface area contributed by atoms with Crippen LogP contribution in [0.25, 0.3) is 0 Å². The summed E-state index contributed by atoms with van der Waals surface area (Å²) in [5.41, 5.74) is 0. The molecule has 1 N–H and O–H groups in total. The van der Waals surface area contributed by atoms with Crippen molar-refractivity contribution >= 4 is 0 Å². The first-order valence-corrected chi connectivity index (χ1v) is 6.11. The van der Waals surface area contributed by atoms with E-state index in [4.69, 9.17) is 4.52 Å². The molecule has 0 radical (unpaired) electrons. The quantitative estimate of drug-likeness (QED) is 0.842. The fraction of sp³-hybridized carbons (Fsp3) is 0.583. The Bertz CT molecular complexity index is 463. The number of nitrogens with zero attached hydrogens (tertiary/aromatic N) is 4. The van der Waals surface area contributed by atoms with Crippen molar-refractivity contribution in [1.29, 1.82) is 0 Å². The molecule has 6 heteroatoms. The predicted octanol–water partition coefficient (Wildman–Crippen LogP) is 1.62. The van der Waals surface area contributed by atoms with E-state index in [0.717, 1.165) is 24.6 Å². The molecule has 0 aliphatic carbocycles. The Morgan fingerprint density at radius 1 is 1.39 bits per heavy atom. The van der Waals surface area contributed by atoms with Crippen LogP contribution in [0.2, 0.25) is 0 Å². The third-order valence-electron chi connectivity index (χ3n) is 2.48. The summed E-state index contributed by atoms with van der Waals surface area (Å²) in [6, 6.07) is 0. The third-order valence-corrected chi connectivity index (χ3v) is 2.48. The molecule has 2 aromatic heterocycles. The average Bonchev–Trinajstić information content (AvgIpc) is 2.89. The molecule has 2 rings (SSSR count). The summed E-state index contributed by atoms with van der Waals surface area (Å²) in [6.07, 6.45) is 4.39. The first kappa shape index (κ1) is 12.8. The topological polar surface area (TPSA) is 70.8 Å². The zero-order chi connectivity index (χ0) is 13.0. The Hall–Kier alpha value is -1.69. The zero-order valence-corrected chi connectivity index (χ0v) is 11.1. The minimum absolute atomic E-state index is 0.527. The fourth-order valence-electron chi connectivity index (χ4n) is 1.72. The lowest BCUT2D eigenvalue weighted by Crippen LogP contribution is -2.18. The molecule has 0 amide bonds. The van der Waals surface area contributed by atoms with Crippen LogP contribution in [-0.2, 0) is 19.5 Å². The van der Waals surface area contributed by atoms with Gasteiger partial charge in [-0.3, -0.25) is 4.90 Å². The van der Waals surface area contributed by atoms with Crippen molar-refractivity contribution in [2.45, 2.75) is 33.4 Å². The van der Waals surface area contributed by atoms with E-state index in [2.05, 4.69) is 38.9 Å². The summed E-state index contributed by atoms with van der Waals surface area (Å²) in [4.78, 5) is 13.7. The molecule has 98 valence electrons. The lowest BCUT2D eigenvalue weighted by atomic mass is 10.1. The molecule has 2 aromatic rings. The van der Waals surface area contributed by atoms with Crippen molar-refractivity contribution in [3.63, 3.8) is 0 Å². The van der Waals surface area contributed by atoms with Gasteiger partial charge < -0.3 is 9.51 Å². The van der Waals surface area contributed by atoms with E-state index >= 15 is 0 Å². The van der Waals surface area contributed by atoms with Crippen LogP contribution in [0.5, 0.6) is 0 Å². The monoisotopic (exact) mass is 249 g/mol. The van der Waals surface area contributed by atoms with Crippen LogP contribution in [0, 0.1) is 5.92 Å². The minimum Gasteiger partial charge on any atom is -0.348 e. The van der Waals surface area contributed by atoms with Crippen LogP contribution in [0.15, 0.2) is 16.9 Å². The summed E-state index contributed by atoms with van der Waals surface area (Å²) >= 11 is 0. The van der Waals surface area contributed by atoms with E-state index in [0.29, 0.717) is 18.4 Å². The van der Waals surface area contributed by atoms with Crippen molar-refractivity contribution in [1.82, 2.24) is 25.0 Å². The normalized spacial score (nSPS) is 11.6. The summed E-state index contributed by atoms with van der Waals surface area (Å²) in [7, 11) is 2.00. The fourth-order valence-corrected chi connectivity index (χ4v) is 1.72. The molecule has 0 unspecified atom stereocenters. The zero-order valence-electron chi connectivity index (χ0n) is 11.1. The lowest BCUT2D eigenvalue weighted by molar-refractivity contribution is 0.293. The number of rotatable bonds is 6. The van der Waals surface area contributed by atoms with Crippen LogP contribution in [0.3, 0.4) is 0 Å². The van der Waals surface area contributed by atoms with Crippen molar-refractivity contribution in [3.05, 3.63) is 29.9 Å². The smallest absolute Gasteiger partial charge is 0.226 e. The van der Waals surface area contributed by atoms with E-state index in [-0.39, 0.29) is 0 Å². The number of aromatic amines is 1. The van der Waals surface area contributed by atoms with Crippen molar-refractivity contribution in [3.8, 4) is 0 Å². The summed E-state index contributed by atoms with van der Waals surface area (Å²) in [6.45, 7) is 5.66. The van der Waals surface area contributed by atoms with Gasteiger partial charge in [-0.2, -0.15) is 4.98 Å². The second-order valence-corrected chi connectivity index (χ2v) is 4.91. The van der Waals surface area contributed by atoms with E-state index in [1.165, 1.54) is 0 Å². The van der Waals surface area contributed by atoms with Gasteiger partial charge >= 0.3 is 0 Å². The highest BCUT2D eigenvalue weighted by Crippen LogP contribution is 2.07. The molecular weight excluding hydrogens is 230 g/mol. The van der Waals surface area contributed by atoms with Gasteiger partial charge in [0.2, 0.25) is 5.89 Å². The number of nitrogens with one attached hydrogen (secondary N) is 1. The van der Waals surface area contributed by atoms with E-state index in [9.17, 15) is 0 Å². The van der Waals surface area contributed by atoms with Gasteiger partial charge in [-0.25, -0.2) is 4.98 Å². The Morgan fingerprint density at radius 3 is 2.89 bits per heavy atom. The van der Waals surface area contributed by atoms with E-state index in [1.54, 1.807) is 6.20 Å².